The molecule has 6 N–H and O–H groups in total. The summed E-state index contributed by atoms with van der Waals surface area (Å²) in [7, 11) is 1.64. The number of piperidine rings is 1. The number of aryl methyl sites for hydroxylation is 1. The number of likely N-dealkylation sites (tertiary alicyclic amines) is 2. The van der Waals surface area contributed by atoms with Crippen molar-refractivity contribution < 1.29 is 33.0 Å². The van der Waals surface area contributed by atoms with Gasteiger partial charge < -0.3 is 50.8 Å². The molecule has 3 aromatic heterocycles. The summed E-state index contributed by atoms with van der Waals surface area (Å²) in [6.07, 6.45) is 6.95. The van der Waals surface area contributed by atoms with Gasteiger partial charge in [0.2, 0.25) is 11.8 Å². The topological polar surface area (TPSA) is 245 Å². The number of aromatic nitrogens is 5. The van der Waals surface area contributed by atoms with E-state index in [0.717, 1.165) is 19.4 Å². The van der Waals surface area contributed by atoms with Crippen molar-refractivity contribution in [1.82, 2.24) is 49.6 Å². The number of nitrogens with two attached hydrogens (primary N) is 2. The summed E-state index contributed by atoms with van der Waals surface area (Å²) in [5, 5.41) is 21.5. The van der Waals surface area contributed by atoms with E-state index in [-0.39, 0.29) is 58.8 Å². The molecule has 7 rings (SSSR count). The van der Waals surface area contributed by atoms with Gasteiger partial charge in [-0.2, -0.15) is 10.4 Å². The molecule has 370 valence electrons. The Morgan fingerprint density at radius 3 is 2.55 bits per heavy atom. The third kappa shape index (κ3) is 12.1. The molecular weight excluding hydrogens is 886 g/mol. The van der Waals surface area contributed by atoms with Crippen LogP contribution in [0.3, 0.4) is 0 Å². The second kappa shape index (κ2) is 20.9. The standard InChI is InChI=1S/C49H66FN13O6/c1-30-35-23-33(50)12-13-34(35)45(66)59(7)27-37-42(32-22-39(68-30)43(52)55-25-32)38(24-51)63(58-37)26-31-14-19-61(20-15-31)41(64)11-9-17-60-28-40(49(5,6)29-60)57-44(65)36(56-47(67)69-48(2,3)4)10-8-18-62-21-16-54-46(62)53/h12-13,16,21-23,25,30-31,36,40H,8-11,14-15,17-20,26-29H2,1-7H3,(H2,52,55)(H2,53,54)(H,56,67)(H,57,65)/t30-,36+,40+/m1/s1. The quantitative estimate of drug-likeness (QED) is 0.134. The van der Waals surface area contributed by atoms with Crippen LogP contribution in [0.2, 0.25) is 0 Å². The van der Waals surface area contributed by atoms with E-state index in [1.165, 1.54) is 23.1 Å². The van der Waals surface area contributed by atoms with Crippen LogP contribution in [-0.4, -0.2) is 120 Å². The smallest absolute Gasteiger partial charge is 0.408 e. The summed E-state index contributed by atoms with van der Waals surface area (Å²) in [6.45, 7) is 15.4. The highest BCUT2D eigenvalue weighted by Crippen LogP contribution is 2.37. The monoisotopic (exact) mass is 952 g/mol. The number of hydrogen-bond acceptors (Lipinski definition) is 13. The van der Waals surface area contributed by atoms with Crippen molar-refractivity contribution in [2.75, 3.05) is 51.2 Å². The average molecular weight is 952 g/mol. The fourth-order valence-electron chi connectivity index (χ4n) is 9.55. The predicted molar refractivity (Wildman–Crippen MR) is 256 cm³/mol. The molecule has 4 amide bonds. The van der Waals surface area contributed by atoms with E-state index in [9.17, 15) is 28.8 Å². The third-order valence-corrected chi connectivity index (χ3v) is 13.3. The summed E-state index contributed by atoms with van der Waals surface area (Å²) < 4.78 is 29.6. The van der Waals surface area contributed by atoms with Crippen LogP contribution in [0.25, 0.3) is 11.1 Å². The van der Waals surface area contributed by atoms with E-state index in [0.29, 0.717) is 99.0 Å². The van der Waals surface area contributed by atoms with Crippen molar-refractivity contribution >= 4 is 35.6 Å². The average Bonchev–Trinajstić information content (AvgIpc) is 3.94. The Balaban J connectivity index is 0.930. The van der Waals surface area contributed by atoms with E-state index in [1.54, 1.807) is 68.6 Å². The summed E-state index contributed by atoms with van der Waals surface area (Å²) in [5.74, 6) is -0.214. The number of pyridine rings is 1. The van der Waals surface area contributed by atoms with E-state index in [4.69, 9.17) is 26.0 Å². The molecule has 0 radical (unpaired) electrons. The number of rotatable bonds is 13. The molecule has 69 heavy (non-hydrogen) atoms. The van der Waals surface area contributed by atoms with Gasteiger partial charge in [0.1, 0.15) is 35.3 Å². The van der Waals surface area contributed by atoms with Gasteiger partial charge in [-0.1, -0.05) is 13.8 Å². The van der Waals surface area contributed by atoms with Crippen LogP contribution in [0.4, 0.5) is 21.0 Å². The van der Waals surface area contributed by atoms with Crippen LogP contribution in [0.1, 0.15) is 113 Å². The highest BCUT2D eigenvalue weighted by Gasteiger charge is 2.41. The van der Waals surface area contributed by atoms with E-state index >= 15 is 0 Å². The molecule has 20 heteroatoms. The van der Waals surface area contributed by atoms with Crippen molar-refractivity contribution in [3.63, 3.8) is 0 Å². The maximum Gasteiger partial charge on any atom is 0.408 e. The molecule has 0 spiro atoms. The van der Waals surface area contributed by atoms with Crippen LogP contribution in [0.15, 0.2) is 42.9 Å². The molecule has 0 unspecified atom stereocenters. The van der Waals surface area contributed by atoms with Crippen molar-refractivity contribution in [2.45, 2.75) is 123 Å². The number of amides is 4. The van der Waals surface area contributed by atoms with Crippen LogP contribution in [0.5, 0.6) is 5.75 Å². The van der Waals surface area contributed by atoms with Gasteiger partial charge in [0.15, 0.2) is 17.5 Å². The van der Waals surface area contributed by atoms with Gasteiger partial charge in [-0.15, -0.1) is 0 Å². The number of carbonyl (C=O) groups excluding carboxylic acids is 4. The minimum Gasteiger partial charge on any atom is -0.482 e. The number of nitriles is 1. The fourth-order valence-corrected chi connectivity index (χ4v) is 9.55. The SMILES string of the molecule is C[C@H]1Oc2cc(cnc2N)-c2c(nn(CC3CCN(C(=O)CCCN4C[C@H](NC(=O)[C@H](CCCn5ccnc5N)NC(=O)OC(C)(C)C)C(C)(C)C4)CC3)c2C#N)CN(C)C(=O)c2ccc(F)cc21. The van der Waals surface area contributed by atoms with Gasteiger partial charge >= 0.3 is 6.09 Å². The molecule has 2 fully saturated rings. The van der Waals surface area contributed by atoms with Crippen molar-refractivity contribution in [3.8, 4) is 22.9 Å². The zero-order valence-corrected chi connectivity index (χ0v) is 40.8. The first-order chi connectivity index (χ1) is 32.7. The van der Waals surface area contributed by atoms with E-state index < -0.39 is 29.7 Å². The Hall–Kier alpha value is -6.75. The van der Waals surface area contributed by atoms with Gasteiger partial charge in [0.05, 0.1) is 12.2 Å². The maximum atomic E-state index is 14.5. The molecule has 3 aliphatic heterocycles. The normalized spacial score (nSPS) is 19.0. The van der Waals surface area contributed by atoms with Crippen molar-refractivity contribution in [1.29, 1.82) is 5.26 Å². The number of anilines is 2. The van der Waals surface area contributed by atoms with Crippen molar-refractivity contribution in [3.05, 3.63) is 71.2 Å². The predicted octanol–water partition coefficient (Wildman–Crippen LogP) is 5.26. The zero-order valence-electron chi connectivity index (χ0n) is 40.8. The molecule has 0 aliphatic carbocycles. The van der Waals surface area contributed by atoms with E-state index in [2.05, 4.69) is 45.4 Å². The largest absolute Gasteiger partial charge is 0.482 e. The number of imidazole rings is 1. The first kappa shape index (κ1) is 50.1. The highest BCUT2D eigenvalue weighted by molar-refractivity contribution is 5.96. The lowest BCUT2D eigenvalue weighted by Gasteiger charge is -2.32. The molecule has 2 saturated heterocycles. The number of nitrogens with zero attached hydrogens (tertiary/aromatic N) is 9. The Kier molecular flexibility index (Phi) is 15.2. The maximum absolute atomic E-state index is 14.5. The molecule has 3 atom stereocenters. The van der Waals surface area contributed by atoms with E-state index in [1.807, 2.05) is 4.90 Å². The summed E-state index contributed by atoms with van der Waals surface area (Å²) >= 11 is 0. The number of carbonyl (C=O) groups is 4. The molecule has 6 heterocycles. The lowest BCUT2D eigenvalue weighted by atomic mass is 9.87. The Bertz CT molecular complexity index is 2570. The number of fused-ring (bicyclic) bond motifs is 5. The van der Waals surface area contributed by atoms with Gasteiger partial charge in [-0.05, 0) is 102 Å². The minimum absolute atomic E-state index is 0.0667. The summed E-state index contributed by atoms with van der Waals surface area (Å²) in [5.41, 5.74) is 13.7. The molecular formula is C49H66FN13O6. The molecule has 19 nitrogen and oxygen atoms in total. The Morgan fingerprint density at radius 1 is 1.10 bits per heavy atom. The molecule has 4 aromatic rings. The second-order valence-electron chi connectivity index (χ2n) is 20.3. The second-order valence-corrected chi connectivity index (χ2v) is 20.3. The van der Waals surface area contributed by atoms with Crippen LogP contribution >= 0.6 is 0 Å². The van der Waals surface area contributed by atoms with Gasteiger partial charge in [0, 0.05) is 99.6 Å². The molecule has 2 bridgehead atoms. The lowest BCUT2D eigenvalue weighted by Crippen LogP contribution is -2.53. The number of nitrogens with one attached hydrogen (secondary N) is 2. The van der Waals surface area contributed by atoms with Crippen LogP contribution in [-0.2, 0) is 34.0 Å². The third-order valence-electron chi connectivity index (χ3n) is 13.3. The number of benzene rings is 1. The Morgan fingerprint density at radius 2 is 1.86 bits per heavy atom. The number of nitrogen functional groups attached to an aromatic ring is 2. The zero-order chi connectivity index (χ0) is 49.8. The lowest BCUT2D eigenvalue weighted by molar-refractivity contribution is -0.132. The first-order valence-corrected chi connectivity index (χ1v) is 23.7. The number of hydrogen-bond donors (Lipinski definition) is 4. The summed E-state index contributed by atoms with van der Waals surface area (Å²) in [4.78, 5) is 68.1. The summed E-state index contributed by atoms with van der Waals surface area (Å²) in [6, 6.07) is 7.00. The van der Waals surface area contributed by atoms with Gasteiger partial charge in [0.25, 0.3) is 5.91 Å². The fraction of sp³-hybridized carbons (Fsp3) is 0.551. The molecule has 1 aromatic carbocycles. The van der Waals surface area contributed by atoms with Crippen molar-refractivity contribution in [2.24, 2.45) is 11.3 Å². The number of ether oxygens (including phenoxy) is 2. The van der Waals surface area contributed by atoms with Gasteiger partial charge in [-0.3, -0.25) is 19.1 Å². The molecule has 3 aliphatic rings. The Labute approximate surface area is 402 Å². The number of halogens is 1. The minimum atomic E-state index is -0.819. The number of alkyl carbamates (subject to hydrolysis) is 1. The first-order valence-electron chi connectivity index (χ1n) is 23.7. The van der Waals surface area contributed by atoms with Crippen LogP contribution in [0, 0.1) is 28.5 Å². The van der Waals surface area contributed by atoms with Crippen LogP contribution < -0.4 is 26.8 Å². The highest BCUT2D eigenvalue weighted by atomic mass is 19.1. The molecule has 0 saturated carbocycles. The van der Waals surface area contributed by atoms with Gasteiger partial charge in [-0.25, -0.2) is 19.2 Å².